The van der Waals surface area contributed by atoms with Gasteiger partial charge in [0.15, 0.2) is 5.56 Å². The van der Waals surface area contributed by atoms with Crippen LogP contribution in [0, 0.1) is 27.4 Å². The van der Waals surface area contributed by atoms with Gasteiger partial charge in [0.25, 0.3) is 5.69 Å². The molecule has 0 bridgehead atoms. The molecule has 1 unspecified atom stereocenters. The molecule has 0 saturated carbocycles. The van der Waals surface area contributed by atoms with Gasteiger partial charge in [0.1, 0.15) is 11.8 Å². The average molecular weight is 331 g/mol. The number of rotatable bonds is 6. The molecule has 24 heavy (non-hydrogen) atoms. The minimum Gasteiger partial charge on any atom is -0.492 e. The molecular weight excluding hydrogens is 310 g/mol. The van der Waals surface area contributed by atoms with Crippen LogP contribution in [0.1, 0.15) is 38.2 Å². The number of amides is 1. The number of carbonyl (C=O) groups is 1. The normalized spacial score (nSPS) is 17.2. The summed E-state index contributed by atoms with van der Waals surface area (Å²) in [6, 6.07) is 6.20. The zero-order chi connectivity index (χ0) is 17.5. The molecule has 1 atom stereocenters. The Balaban J connectivity index is 2.01. The van der Waals surface area contributed by atoms with Crippen LogP contribution in [-0.2, 0) is 4.79 Å². The van der Waals surface area contributed by atoms with E-state index in [-0.39, 0.29) is 28.8 Å². The van der Waals surface area contributed by atoms with Crippen LogP contribution in [0.3, 0.4) is 0 Å². The lowest BCUT2D eigenvalue weighted by Crippen LogP contribution is -2.41. The Morgan fingerprint density at radius 2 is 2.33 bits per heavy atom. The number of ether oxygens (including phenoxy) is 1. The topological polar surface area (TPSA) is 96.5 Å². The van der Waals surface area contributed by atoms with Gasteiger partial charge in [-0.3, -0.25) is 14.9 Å². The zero-order valence-electron chi connectivity index (χ0n) is 13.7. The summed E-state index contributed by atoms with van der Waals surface area (Å²) in [7, 11) is 0. The van der Waals surface area contributed by atoms with E-state index in [1.807, 2.05) is 17.9 Å². The van der Waals surface area contributed by atoms with Crippen LogP contribution in [-0.4, -0.2) is 35.4 Å². The lowest BCUT2D eigenvalue weighted by atomic mass is 9.98. The highest BCUT2D eigenvalue weighted by Crippen LogP contribution is 2.28. The highest BCUT2D eigenvalue weighted by molar-refractivity contribution is 5.76. The fourth-order valence-corrected chi connectivity index (χ4v) is 2.91. The van der Waals surface area contributed by atoms with Crippen molar-refractivity contribution in [2.45, 2.75) is 32.6 Å². The summed E-state index contributed by atoms with van der Waals surface area (Å²) < 4.78 is 5.68. The van der Waals surface area contributed by atoms with Gasteiger partial charge >= 0.3 is 0 Å². The van der Waals surface area contributed by atoms with Crippen molar-refractivity contribution in [2.75, 3.05) is 19.7 Å². The molecule has 0 radical (unpaired) electrons. The van der Waals surface area contributed by atoms with Crippen molar-refractivity contribution < 1.29 is 14.5 Å². The Labute approximate surface area is 141 Å². The van der Waals surface area contributed by atoms with Crippen molar-refractivity contribution >= 4 is 11.6 Å². The van der Waals surface area contributed by atoms with E-state index in [2.05, 4.69) is 0 Å². The van der Waals surface area contributed by atoms with Gasteiger partial charge in [0.2, 0.25) is 5.91 Å². The fraction of sp³-hybridized carbons (Fsp3) is 0.529. The van der Waals surface area contributed by atoms with Gasteiger partial charge in [-0.05, 0) is 25.3 Å². The van der Waals surface area contributed by atoms with Crippen LogP contribution in [0.15, 0.2) is 18.2 Å². The van der Waals surface area contributed by atoms with Crippen molar-refractivity contribution in [1.82, 2.24) is 4.90 Å². The number of nitriles is 1. The van der Waals surface area contributed by atoms with Crippen LogP contribution in [0.25, 0.3) is 0 Å². The molecule has 7 heteroatoms. The van der Waals surface area contributed by atoms with E-state index in [0.717, 1.165) is 25.8 Å². The molecule has 1 heterocycles. The summed E-state index contributed by atoms with van der Waals surface area (Å²) >= 11 is 0. The van der Waals surface area contributed by atoms with Crippen molar-refractivity contribution in [2.24, 2.45) is 5.92 Å². The third-order valence-corrected chi connectivity index (χ3v) is 4.12. The molecule has 1 aromatic carbocycles. The number of nitrogens with zero attached hydrogens (tertiary/aromatic N) is 3. The van der Waals surface area contributed by atoms with Gasteiger partial charge in [0, 0.05) is 31.5 Å². The Bertz CT molecular complexity index is 654. The van der Waals surface area contributed by atoms with Gasteiger partial charge < -0.3 is 9.64 Å². The number of benzene rings is 1. The molecule has 1 aliphatic rings. The molecule has 2 rings (SSSR count). The zero-order valence-corrected chi connectivity index (χ0v) is 13.7. The lowest BCUT2D eigenvalue weighted by molar-refractivity contribution is -0.385. The molecule has 1 amide bonds. The monoisotopic (exact) mass is 331 g/mol. The van der Waals surface area contributed by atoms with Crippen molar-refractivity contribution in [3.63, 3.8) is 0 Å². The maximum atomic E-state index is 12.0. The van der Waals surface area contributed by atoms with Gasteiger partial charge in [-0.1, -0.05) is 13.0 Å². The molecule has 128 valence electrons. The van der Waals surface area contributed by atoms with Gasteiger partial charge in [-0.2, -0.15) is 5.26 Å². The van der Waals surface area contributed by atoms with Gasteiger partial charge in [-0.25, -0.2) is 0 Å². The van der Waals surface area contributed by atoms with E-state index in [1.165, 1.54) is 12.1 Å². The second-order valence-electron chi connectivity index (χ2n) is 5.93. The average Bonchev–Trinajstić information content (AvgIpc) is 2.59. The Morgan fingerprint density at radius 1 is 1.54 bits per heavy atom. The van der Waals surface area contributed by atoms with Gasteiger partial charge in [0.05, 0.1) is 11.5 Å². The van der Waals surface area contributed by atoms with E-state index >= 15 is 0 Å². The second kappa shape index (κ2) is 8.29. The molecule has 0 N–H and O–H groups in total. The summed E-state index contributed by atoms with van der Waals surface area (Å²) in [4.78, 5) is 24.3. The van der Waals surface area contributed by atoms with Crippen LogP contribution in [0.5, 0.6) is 5.75 Å². The summed E-state index contributed by atoms with van der Waals surface area (Å²) in [6.07, 6.45) is 3.24. The molecule has 1 aliphatic heterocycles. The largest absolute Gasteiger partial charge is 0.492 e. The van der Waals surface area contributed by atoms with E-state index in [1.54, 1.807) is 6.07 Å². The second-order valence-corrected chi connectivity index (χ2v) is 5.93. The first-order chi connectivity index (χ1) is 11.6. The van der Waals surface area contributed by atoms with Crippen molar-refractivity contribution in [3.8, 4) is 11.8 Å². The van der Waals surface area contributed by atoms with Crippen LogP contribution < -0.4 is 4.74 Å². The van der Waals surface area contributed by atoms with Crippen LogP contribution in [0.4, 0.5) is 5.69 Å². The third-order valence-electron chi connectivity index (χ3n) is 4.12. The Morgan fingerprint density at radius 3 is 3.00 bits per heavy atom. The molecule has 1 aromatic rings. The molecule has 0 spiro atoms. The Hall–Kier alpha value is -2.62. The van der Waals surface area contributed by atoms with E-state index in [0.29, 0.717) is 19.6 Å². The predicted octanol–water partition coefficient (Wildman–Crippen LogP) is 2.88. The third kappa shape index (κ3) is 4.22. The van der Waals surface area contributed by atoms with Crippen molar-refractivity contribution in [3.05, 3.63) is 33.9 Å². The lowest BCUT2D eigenvalue weighted by Gasteiger charge is -2.32. The molecule has 0 aromatic heterocycles. The standard InChI is InChI=1S/C17H21N3O4/c1-2-5-17(21)19-9-4-6-13(11-19)12-24-16-8-3-7-15(20(22)23)14(16)10-18/h3,7-8,13H,2,4-6,9,11-12H2,1H3. The highest BCUT2D eigenvalue weighted by atomic mass is 16.6. The number of likely N-dealkylation sites (tertiary alicyclic amines) is 1. The van der Waals surface area contributed by atoms with E-state index in [4.69, 9.17) is 4.74 Å². The van der Waals surface area contributed by atoms with Crippen LogP contribution in [0.2, 0.25) is 0 Å². The first kappa shape index (κ1) is 17.7. The SMILES string of the molecule is CCCC(=O)N1CCCC(COc2cccc([N+](=O)[O-])c2C#N)C1. The quantitative estimate of drug-likeness (QED) is 0.590. The van der Waals surface area contributed by atoms with E-state index in [9.17, 15) is 20.2 Å². The predicted molar refractivity (Wildman–Crippen MR) is 87.5 cm³/mol. The number of piperidine rings is 1. The molecule has 1 saturated heterocycles. The Kier molecular flexibility index (Phi) is 6.13. The minimum absolute atomic E-state index is 0.0581. The first-order valence-corrected chi connectivity index (χ1v) is 8.14. The molecule has 0 aliphatic carbocycles. The first-order valence-electron chi connectivity index (χ1n) is 8.14. The molecule has 7 nitrogen and oxygen atoms in total. The number of hydrogen-bond donors (Lipinski definition) is 0. The molecular formula is C17H21N3O4. The maximum absolute atomic E-state index is 12.0. The van der Waals surface area contributed by atoms with E-state index < -0.39 is 4.92 Å². The highest BCUT2D eigenvalue weighted by Gasteiger charge is 2.25. The minimum atomic E-state index is -0.586. The fourth-order valence-electron chi connectivity index (χ4n) is 2.91. The number of nitro groups is 1. The number of nitro benzene ring substituents is 1. The maximum Gasteiger partial charge on any atom is 0.290 e. The summed E-state index contributed by atoms with van der Waals surface area (Å²) in [5.74, 6) is 0.560. The smallest absolute Gasteiger partial charge is 0.290 e. The van der Waals surface area contributed by atoms with Crippen molar-refractivity contribution in [1.29, 1.82) is 5.26 Å². The van der Waals surface area contributed by atoms with Gasteiger partial charge in [-0.15, -0.1) is 0 Å². The summed E-state index contributed by atoms with van der Waals surface area (Å²) in [5, 5.41) is 20.1. The number of hydrogen-bond acceptors (Lipinski definition) is 5. The molecule has 1 fully saturated rings. The number of carbonyl (C=O) groups excluding carboxylic acids is 1. The summed E-state index contributed by atoms with van der Waals surface area (Å²) in [5.41, 5.74) is -0.310. The van der Waals surface area contributed by atoms with Crippen LogP contribution >= 0.6 is 0 Å². The summed E-state index contributed by atoms with van der Waals surface area (Å²) in [6.45, 7) is 3.73.